The molecule has 0 aromatic heterocycles. The van der Waals surface area contributed by atoms with Crippen molar-refractivity contribution < 1.29 is 46.4 Å². The van der Waals surface area contributed by atoms with Gasteiger partial charge in [-0.05, 0) is 42.5 Å². The summed E-state index contributed by atoms with van der Waals surface area (Å²) < 4.78 is 66.9. The van der Waals surface area contributed by atoms with Gasteiger partial charge in [-0.3, -0.25) is 0 Å². The molecule has 8 nitrogen and oxygen atoms in total. The molecule has 0 unspecified atom stereocenters. The van der Waals surface area contributed by atoms with Crippen LogP contribution in [0.2, 0.25) is 0 Å². The van der Waals surface area contributed by atoms with Crippen LogP contribution < -0.4 is 19.1 Å². The Hall–Kier alpha value is -4.41. The molecule has 0 atom stereocenters. The van der Waals surface area contributed by atoms with Crippen molar-refractivity contribution in [3.8, 4) is 23.0 Å². The third-order valence-electron chi connectivity index (χ3n) is 5.01. The van der Waals surface area contributed by atoms with Gasteiger partial charge < -0.3 is 28.6 Å². The molecule has 0 amide bonds. The van der Waals surface area contributed by atoms with Crippen LogP contribution in [0.5, 0.6) is 23.0 Å². The van der Waals surface area contributed by atoms with Gasteiger partial charge in [0.1, 0.15) is 11.4 Å². The zero-order valence-corrected chi connectivity index (χ0v) is 18.4. The predicted octanol–water partition coefficient (Wildman–Crippen LogP) is 4.72. The topological polar surface area (TPSA) is 83.5 Å². The molecule has 2 aromatic rings. The first kappa shape index (κ1) is 23.7. The lowest BCUT2D eigenvalue weighted by molar-refractivity contribution is -0.139. The highest BCUT2D eigenvalue weighted by Gasteiger charge is 2.34. The lowest BCUT2D eigenvalue weighted by Gasteiger charge is -2.26. The molecule has 0 spiro atoms. The molecule has 35 heavy (non-hydrogen) atoms. The average Bonchev–Trinajstić information content (AvgIpc) is 3.19. The highest BCUT2D eigenvalue weighted by molar-refractivity contribution is 6.05. The van der Waals surface area contributed by atoms with Crippen molar-refractivity contribution in [2.45, 2.75) is 6.18 Å². The minimum atomic E-state index is -4.69. The zero-order valence-electron chi connectivity index (χ0n) is 18.4. The number of hydrogen-bond acceptors (Lipinski definition) is 8. The van der Waals surface area contributed by atoms with E-state index in [1.54, 1.807) is 12.1 Å². The summed E-state index contributed by atoms with van der Waals surface area (Å²) in [5.41, 5.74) is -1.77. The Morgan fingerprint density at radius 2 is 1.69 bits per heavy atom. The molecule has 2 aromatic carbocycles. The summed E-state index contributed by atoms with van der Waals surface area (Å²) in [6.07, 6.45) is 0.770. The van der Waals surface area contributed by atoms with E-state index in [1.165, 1.54) is 30.5 Å². The molecule has 0 fully saturated rings. The van der Waals surface area contributed by atoms with Crippen molar-refractivity contribution in [3.05, 3.63) is 77.7 Å². The lowest BCUT2D eigenvalue weighted by Crippen LogP contribution is -2.27. The van der Waals surface area contributed by atoms with Gasteiger partial charge in [-0.2, -0.15) is 13.2 Å². The standard InChI is InChI=1S/C24H18F3NO7/c1-31-22(29)16-5-3-4-10-28(21(16)23(30)32-2)17-11-14(24(25,26)27)6-8-18(17)35-15-7-9-19-20(12-15)34-13-33-19/h3-12H,13H2,1-2H3. The number of halogens is 3. The second-order valence-corrected chi connectivity index (χ2v) is 7.11. The molecule has 0 radical (unpaired) electrons. The van der Waals surface area contributed by atoms with Crippen molar-refractivity contribution in [1.29, 1.82) is 0 Å². The molecule has 0 saturated heterocycles. The number of rotatable bonds is 5. The van der Waals surface area contributed by atoms with Crippen LogP contribution in [-0.2, 0) is 25.2 Å². The fraction of sp³-hybridized carbons (Fsp3) is 0.167. The average molecular weight is 489 g/mol. The number of carbonyl (C=O) groups is 2. The highest BCUT2D eigenvalue weighted by Crippen LogP contribution is 2.43. The molecular weight excluding hydrogens is 471 g/mol. The van der Waals surface area contributed by atoms with Gasteiger partial charge in [0, 0.05) is 12.3 Å². The first-order valence-electron chi connectivity index (χ1n) is 10.1. The molecule has 2 aliphatic heterocycles. The van der Waals surface area contributed by atoms with Crippen molar-refractivity contribution in [2.75, 3.05) is 25.9 Å². The molecular formula is C24H18F3NO7. The molecule has 2 heterocycles. The van der Waals surface area contributed by atoms with E-state index in [4.69, 9.17) is 23.7 Å². The summed E-state index contributed by atoms with van der Waals surface area (Å²) in [7, 11) is 2.19. The van der Waals surface area contributed by atoms with Crippen LogP contribution in [0.25, 0.3) is 0 Å². The maximum Gasteiger partial charge on any atom is 0.416 e. The number of methoxy groups -OCH3 is 2. The number of carbonyl (C=O) groups excluding carboxylic acids is 2. The second kappa shape index (κ2) is 9.45. The van der Waals surface area contributed by atoms with Crippen LogP contribution in [0.15, 0.2) is 72.1 Å². The van der Waals surface area contributed by atoms with Crippen LogP contribution in [0.4, 0.5) is 18.9 Å². The second-order valence-electron chi connectivity index (χ2n) is 7.11. The number of alkyl halides is 3. The largest absolute Gasteiger partial charge is 0.465 e. The summed E-state index contributed by atoms with van der Waals surface area (Å²) in [5.74, 6) is -0.783. The van der Waals surface area contributed by atoms with E-state index in [1.807, 2.05) is 0 Å². The number of ether oxygens (including phenoxy) is 5. The smallest absolute Gasteiger partial charge is 0.416 e. The third-order valence-corrected chi connectivity index (χ3v) is 5.01. The van der Waals surface area contributed by atoms with E-state index in [2.05, 4.69) is 0 Å². The van der Waals surface area contributed by atoms with Gasteiger partial charge >= 0.3 is 18.1 Å². The van der Waals surface area contributed by atoms with Crippen molar-refractivity contribution in [3.63, 3.8) is 0 Å². The minimum absolute atomic E-state index is 0.0273. The van der Waals surface area contributed by atoms with E-state index in [0.717, 1.165) is 37.3 Å². The van der Waals surface area contributed by atoms with E-state index >= 15 is 0 Å². The molecule has 0 N–H and O–H groups in total. The van der Waals surface area contributed by atoms with E-state index < -0.39 is 23.7 Å². The number of esters is 2. The summed E-state index contributed by atoms with van der Waals surface area (Å²) in [4.78, 5) is 26.2. The Morgan fingerprint density at radius 3 is 2.40 bits per heavy atom. The van der Waals surface area contributed by atoms with Crippen LogP contribution in [-0.4, -0.2) is 33.0 Å². The van der Waals surface area contributed by atoms with Gasteiger partial charge in [0.2, 0.25) is 6.79 Å². The summed E-state index contributed by atoms with van der Waals surface area (Å²) in [6, 6.07) is 7.41. The minimum Gasteiger partial charge on any atom is -0.465 e. The number of fused-ring (bicyclic) bond motifs is 1. The normalized spacial score (nSPS) is 14.6. The van der Waals surface area contributed by atoms with Crippen LogP contribution in [0, 0.1) is 0 Å². The fourth-order valence-corrected chi connectivity index (χ4v) is 3.39. The van der Waals surface area contributed by atoms with Crippen molar-refractivity contribution in [2.24, 2.45) is 0 Å². The molecule has 0 saturated carbocycles. The monoisotopic (exact) mass is 489 g/mol. The Morgan fingerprint density at radius 1 is 0.943 bits per heavy atom. The molecule has 182 valence electrons. The first-order valence-corrected chi connectivity index (χ1v) is 10.1. The van der Waals surface area contributed by atoms with Crippen molar-refractivity contribution >= 4 is 17.6 Å². The van der Waals surface area contributed by atoms with Gasteiger partial charge in [-0.15, -0.1) is 0 Å². The highest BCUT2D eigenvalue weighted by atomic mass is 19.4. The van der Waals surface area contributed by atoms with Crippen LogP contribution in [0.3, 0.4) is 0 Å². The van der Waals surface area contributed by atoms with Gasteiger partial charge in [0.25, 0.3) is 0 Å². The van der Waals surface area contributed by atoms with Crippen LogP contribution in [0.1, 0.15) is 5.56 Å². The Kier molecular flexibility index (Phi) is 6.41. The Labute approximate surface area is 197 Å². The molecule has 0 bridgehead atoms. The number of anilines is 1. The van der Waals surface area contributed by atoms with E-state index in [9.17, 15) is 22.8 Å². The van der Waals surface area contributed by atoms with Gasteiger partial charge in [0.15, 0.2) is 17.2 Å². The molecule has 2 aliphatic rings. The summed E-state index contributed by atoms with van der Waals surface area (Å²) in [6.45, 7) is 0.0273. The van der Waals surface area contributed by atoms with Gasteiger partial charge in [0.05, 0.1) is 31.0 Å². The number of hydrogen-bond donors (Lipinski definition) is 0. The van der Waals surface area contributed by atoms with Crippen LogP contribution >= 0.6 is 0 Å². The summed E-state index contributed by atoms with van der Waals surface area (Å²) in [5, 5.41) is 0. The fourth-order valence-electron chi connectivity index (χ4n) is 3.39. The Bertz CT molecular complexity index is 1260. The maximum absolute atomic E-state index is 13.6. The number of allylic oxidation sites excluding steroid dienone is 2. The maximum atomic E-state index is 13.6. The van der Waals surface area contributed by atoms with E-state index in [0.29, 0.717) is 11.5 Å². The van der Waals surface area contributed by atoms with Gasteiger partial charge in [-0.25, -0.2) is 9.59 Å². The predicted molar refractivity (Wildman–Crippen MR) is 116 cm³/mol. The molecule has 11 heteroatoms. The first-order chi connectivity index (χ1) is 16.7. The number of benzene rings is 2. The van der Waals surface area contributed by atoms with Gasteiger partial charge in [-0.1, -0.05) is 6.08 Å². The Balaban J connectivity index is 1.88. The van der Waals surface area contributed by atoms with E-state index in [-0.39, 0.29) is 35.2 Å². The SMILES string of the molecule is COC(=O)C1=C(C(=O)OC)N(c2cc(C(F)(F)F)ccc2Oc2ccc3c(c2)OCO3)C=CC=C1. The van der Waals surface area contributed by atoms with Crippen molar-refractivity contribution in [1.82, 2.24) is 0 Å². The zero-order chi connectivity index (χ0) is 25.2. The third kappa shape index (κ3) is 4.79. The summed E-state index contributed by atoms with van der Waals surface area (Å²) >= 11 is 0. The quantitative estimate of drug-likeness (QED) is 0.559. The lowest BCUT2D eigenvalue weighted by atomic mass is 10.1. The number of nitrogens with zero attached hydrogens (tertiary/aromatic N) is 1. The molecule has 4 rings (SSSR count). The molecule has 0 aliphatic carbocycles.